The Labute approximate surface area is 94.7 Å². The molecule has 16 heavy (non-hydrogen) atoms. The van der Waals surface area contributed by atoms with Crippen molar-refractivity contribution >= 4 is 11.8 Å². The van der Waals surface area contributed by atoms with Crippen LogP contribution in [0.4, 0.5) is 10.5 Å². The van der Waals surface area contributed by atoms with Crippen molar-refractivity contribution in [2.24, 2.45) is 5.92 Å². The second-order valence-electron chi connectivity index (χ2n) is 4.74. The smallest absolute Gasteiger partial charge is 0.412 e. The molecule has 0 radical (unpaired) electrons. The van der Waals surface area contributed by atoms with Gasteiger partial charge in [-0.1, -0.05) is 24.6 Å². The molecule has 1 aliphatic heterocycles. The minimum Gasteiger partial charge on any atom is -0.465 e. The van der Waals surface area contributed by atoms with Gasteiger partial charge in [-0.05, 0) is 36.8 Å². The number of amides is 1. The van der Waals surface area contributed by atoms with Crippen LogP contribution in [0.25, 0.3) is 0 Å². The molecule has 1 aromatic rings. The van der Waals surface area contributed by atoms with Gasteiger partial charge in [0.15, 0.2) is 0 Å². The molecule has 0 aromatic heterocycles. The normalized spacial score (nSPS) is 27.4. The van der Waals surface area contributed by atoms with E-state index >= 15 is 0 Å². The molecule has 1 amide bonds. The number of carboxylic acid groups (broad SMARTS) is 1. The third kappa shape index (κ3) is 1.31. The Kier molecular flexibility index (Phi) is 2.13. The second kappa shape index (κ2) is 3.51. The first-order chi connectivity index (χ1) is 7.77. The number of rotatable bonds is 0. The van der Waals surface area contributed by atoms with Gasteiger partial charge in [0, 0.05) is 6.04 Å². The third-order valence-corrected chi connectivity index (χ3v) is 3.89. The molecule has 84 valence electrons. The summed E-state index contributed by atoms with van der Waals surface area (Å²) in [6.45, 7) is 0. The standard InChI is InChI=1S/C13H15NO2/c15-13(16)14-11-6-2-1-4-9(11)8-10-5-3-7-12(10)14/h1-2,4,6,10,12H,3,5,7-8H2,(H,15,16). The van der Waals surface area contributed by atoms with Crippen LogP contribution in [0.2, 0.25) is 0 Å². The fourth-order valence-corrected chi connectivity index (χ4v) is 3.22. The van der Waals surface area contributed by atoms with E-state index in [0.717, 1.165) is 24.9 Å². The van der Waals surface area contributed by atoms with E-state index in [0.29, 0.717) is 5.92 Å². The highest BCUT2D eigenvalue weighted by molar-refractivity contribution is 5.88. The lowest BCUT2D eigenvalue weighted by molar-refractivity contribution is 0.195. The van der Waals surface area contributed by atoms with E-state index in [1.54, 1.807) is 4.90 Å². The maximum absolute atomic E-state index is 11.4. The lowest BCUT2D eigenvalue weighted by atomic mass is 9.88. The van der Waals surface area contributed by atoms with Crippen LogP contribution in [0.15, 0.2) is 24.3 Å². The van der Waals surface area contributed by atoms with Gasteiger partial charge in [-0.15, -0.1) is 0 Å². The van der Waals surface area contributed by atoms with Crippen molar-refractivity contribution in [2.45, 2.75) is 31.7 Å². The molecular weight excluding hydrogens is 202 g/mol. The predicted octanol–water partition coefficient (Wildman–Crippen LogP) is 2.90. The summed E-state index contributed by atoms with van der Waals surface area (Å²) in [7, 11) is 0. The largest absolute Gasteiger partial charge is 0.465 e. The van der Waals surface area contributed by atoms with E-state index in [2.05, 4.69) is 6.07 Å². The zero-order chi connectivity index (χ0) is 11.1. The van der Waals surface area contributed by atoms with Crippen molar-refractivity contribution in [1.82, 2.24) is 0 Å². The zero-order valence-electron chi connectivity index (χ0n) is 9.10. The summed E-state index contributed by atoms with van der Waals surface area (Å²) in [5.74, 6) is 0.533. The summed E-state index contributed by atoms with van der Waals surface area (Å²) in [5.41, 5.74) is 2.09. The Bertz CT molecular complexity index is 430. The Hall–Kier alpha value is -1.51. The molecule has 2 atom stereocenters. The molecule has 1 aliphatic carbocycles. The van der Waals surface area contributed by atoms with E-state index in [1.807, 2.05) is 18.2 Å². The summed E-state index contributed by atoms with van der Waals surface area (Å²) >= 11 is 0. The fraction of sp³-hybridized carbons (Fsp3) is 0.462. The summed E-state index contributed by atoms with van der Waals surface area (Å²) in [6, 6.07) is 8.11. The highest BCUT2D eigenvalue weighted by atomic mass is 16.4. The minimum atomic E-state index is -0.802. The van der Waals surface area contributed by atoms with Crippen molar-refractivity contribution in [3.63, 3.8) is 0 Å². The van der Waals surface area contributed by atoms with E-state index in [-0.39, 0.29) is 6.04 Å². The summed E-state index contributed by atoms with van der Waals surface area (Å²) in [4.78, 5) is 13.0. The van der Waals surface area contributed by atoms with Crippen LogP contribution in [0.3, 0.4) is 0 Å². The lowest BCUT2D eigenvalue weighted by Crippen LogP contribution is -2.45. The lowest BCUT2D eigenvalue weighted by Gasteiger charge is -2.37. The molecule has 3 nitrogen and oxygen atoms in total. The van der Waals surface area contributed by atoms with Gasteiger partial charge in [-0.25, -0.2) is 4.79 Å². The van der Waals surface area contributed by atoms with Gasteiger partial charge in [0.25, 0.3) is 0 Å². The Morgan fingerprint density at radius 1 is 1.31 bits per heavy atom. The van der Waals surface area contributed by atoms with Crippen LogP contribution in [0.1, 0.15) is 24.8 Å². The van der Waals surface area contributed by atoms with Crippen LogP contribution >= 0.6 is 0 Å². The number of fused-ring (bicyclic) bond motifs is 2. The van der Waals surface area contributed by atoms with Gasteiger partial charge in [0.1, 0.15) is 0 Å². The number of benzene rings is 1. The van der Waals surface area contributed by atoms with E-state index < -0.39 is 6.09 Å². The van der Waals surface area contributed by atoms with E-state index in [9.17, 15) is 9.90 Å². The minimum absolute atomic E-state index is 0.215. The van der Waals surface area contributed by atoms with Crippen LogP contribution in [0, 0.1) is 5.92 Å². The molecule has 0 spiro atoms. The SMILES string of the molecule is O=C(O)N1c2ccccc2CC2CCCC21. The number of hydrogen-bond donors (Lipinski definition) is 1. The van der Waals surface area contributed by atoms with Crippen LogP contribution in [-0.2, 0) is 6.42 Å². The summed E-state index contributed by atoms with van der Waals surface area (Å²) < 4.78 is 0. The van der Waals surface area contributed by atoms with Crippen molar-refractivity contribution in [3.05, 3.63) is 29.8 Å². The van der Waals surface area contributed by atoms with Crippen molar-refractivity contribution in [2.75, 3.05) is 4.90 Å². The van der Waals surface area contributed by atoms with Gasteiger partial charge in [-0.2, -0.15) is 0 Å². The average molecular weight is 217 g/mol. The van der Waals surface area contributed by atoms with Gasteiger partial charge >= 0.3 is 6.09 Å². The summed E-state index contributed by atoms with van der Waals surface area (Å²) in [5, 5.41) is 9.36. The number of carbonyl (C=O) groups is 1. The number of hydrogen-bond acceptors (Lipinski definition) is 1. The molecule has 1 aromatic carbocycles. The Morgan fingerprint density at radius 2 is 2.12 bits per heavy atom. The summed E-state index contributed by atoms with van der Waals surface area (Å²) in [6.07, 6.45) is 3.59. The molecule has 1 heterocycles. The Morgan fingerprint density at radius 3 is 2.94 bits per heavy atom. The number of nitrogens with zero attached hydrogens (tertiary/aromatic N) is 1. The van der Waals surface area contributed by atoms with Gasteiger partial charge in [0.2, 0.25) is 0 Å². The molecule has 3 heteroatoms. The molecular formula is C13H15NO2. The van der Waals surface area contributed by atoms with Crippen molar-refractivity contribution in [3.8, 4) is 0 Å². The molecule has 2 aliphatic rings. The average Bonchev–Trinajstić information content (AvgIpc) is 2.72. The van der Waals surface area contributed by atoms with Crippen LogP contribution in [0.5, 0.6) is 0 Å². The maximum atomic E-state index is 11.4. The van der Waals surface area contributed by atoms with E-state index in [4.69, 9.17) is 0 Å². The van der Waals surface area contributed by atoms with E-state index in [1.165, 1.54) is 12.0 Å². The molecule has 1 fully saturated rings. The molecule has 3 rings (SSSR count). The predicted molar refractivity (Wildman–Crippen MR) is 61.8 cm³/mol. The van der Waals surface area contributed by atoms with Gasteiger partial charge in [-0.3, -0.25) is 4.90 Å². The second-order valence-corrected chi connectivity index (χ2v) is 4.74. The number of para-hydroxylation sites is 1. The first-order valence-electron chi connectivity index (χ1n) is 5.87. The molecule has 1 N–H and O–H groups in total. The first-order valence-corrected chi connectivity index (χ1v) is 5.87. The highest BCUT2D eigenvalue weighted by Gasteiger charge is 2.40. The number of anilines is 1. The molecule has 0 bridgehead atoms. The van der Waals surface area contributed by atoms with Crippen LogP contribution in [-0.4, -0.2) is 17.2 Å². The fourth-order valence-electron chi connectivity index (χ4n) is 3.22. The van der Waals surface area contributed by atoms with Crippen molar-refractivity contribution < 1.29 is 9.90 Å². The monoisotopic (exact) mass is 217 g/mol. The van der Waals surface area contributed by atoms with Gasteiger partial charge in [0.05, 0.1) is 5.69 Å². The molecule has 2 unspecified atom stereocenters. The third-order valence-electron chi connectivity index (χ3n) is 3.89. The molecule has 1 saturated carbocycles. The molecule has 0 saturated heterocycles. The topological polar surface area (TPSA) is 40.5 Å². The first kappa shape index (κ1) is 9.70. The van der Waals surface area contributed by atoms with Gasteiger partial charge < -0.3 is 5.11 Å². The highest BCUT2D eigenvalue weighted by Crippen LogP contribution is 2.41. The van der Waals surface area contributed by atoms with Crippen LogP contribution < -0.4 is 4.90 Å². The quantitative estimate of drug-likeness (QED) is 0.725. The van der Waals surface area contributed by atoms with Crippen molar-refractivity contribution in [1.29, 1.82) is 0 Å². The Balaban J connectivity index is 2.08. The maximum Gasteiger partial charge on any atom is 0.412 e. The zero-order valence-corrected chi connectivity index (χ0v) is 9.10.